The summed E-state index contributed by atoms with van der Waals surface area (Å²) in [5.74, 6) is 0.999. The van der Waals surface area contributed by atoms with Crippen LogP contribution in [0.25, 0.3) is 5.57 Å². The summed E-state index contributed by atoms with van der Waals surface area (Å²) in [6.07, 6.45) is 6.10. The Morgan fingerprint density at radius 3 is 2.71 bits per heavy atom. The summed E-state index contributed by atoms with van der Waals surface area (Å²) >= 11 is 0. The first kappa shape index (κ1) is 9.74. The first-order chi connectivity index (χ1) is 8.21. The maximum atomic E-state index is 4.54. The zero-order valence-electron chi connectivity index (χ0n) is 9.79. The van der Waals surface area contributed by atoms with Crippen LogP contribution < -0.4 is 9.80 Å². The molecule has 1 aromatic heterocycles. The molecule has 1 aliphatic carbocycles. The van der Waals surface area contributed by atoms with E-state index in [-0.39, 0.29) is 0 Å². The summed E-state index contributed by atoms with van der Waals surface area (Å²) in [4.78, 5) is 11.4. The average molecular weight is 228 g/mol. The number of nitrogens with one attached hydrogen (secondary N) is 2. The van der Waals surface area contributed by atoms with Crippen LogP contribution in [0.4, 0.5) is 5.82 Å². The minimum absolute atomic E-state index is 0.342. The fraction of sp³-hybridized carbons (Fsp3) is 0.385. The molecule has 2 unspecified atom stereocenters. The molecule has 3 aliphatic rings. The van der Waals surface area contributed by atoms with Crippen LogP contribution in [-0.2, 0) is 0 Å². The highest BCUT2D eigenvalue weighted by Crippen LogP contribution is 2.57. The molecule has 1 spiro atoms. The van der Waals surface area contributed by atoms with Crippen molar-refractivity contribution in [1.29, 1.82) is 0 Å². The topological polar surface area (TPSA) is 34.7 Å². The van der Waals surface area contributed by atoms with E-state index in [9.17, 15) is 0 Å². The lowest BCUT2D eigenvalue weighted by Gasteiger charge is -2.33. The molecular weight excluding hydrogens is 212 g/mol. The molecule has 1 saturated carbocycles. The van der Waals surface area contributed by atoms with Crippen molar-refractivity contribution in [2.75, 3.05) is 13.1 Å². The van der Waals surface area contributed by atoms with E-state index in [0.717, 1.165) is 29.5 Å². The summed E-state index contributed by atoms with van der Waals surface area (Å²) in [6, 6.07) is 0. The standard InChI is InChI=1S/C13H16N4/c1-16-7-9-10(13(8-16)3-4-13)11-12(17(9)2)15-6-5-14-11/h5-6,16-17H,1-4,7-8H2. The number of hydrogen-bond donors (Lipinski definition) is 2. The van der Waals surface area contributed by atoms with Crippen LogP contribution in [0, 0.1) is 19.5 Å². The van der Waals surface area contributed by atoms with Gasteiger partial charge in [-0.15, -0.1) is 7.05 Å². The molecule has 0 radical (unpaired) electrons. The molecule has 0 aromatic carbocycles. The number of aromatic nitrogens is 2. The maximum Gasteiger partial charge on any atom is 0.231 e. The molecule has 0 saturated heterocycles. The van der Waals surface area contributed by atoms with Gasteiger partial charge in [-0.3, -0.25) is 0 Å². The minimum atomic E-state index is 0.342. The van der Waals surface area contributed by atoms with Crippen molar-refractivity contribution >= 4 is 11.4 Å². The molecule has 2 aliphatic heterocycles. The molecule has 1 fully saturated rings. The van der Waals surface area contributed by atoms with E-state index in [1.54, 1.807) is 12.4 Å². The Kier molecular flexibility index (Phi) is 1.69. The Morgan fingerprint density at radius 1 is 1.18 bits per heavy atom. The smallest absolute Gasteiger partial charge is 0.231 e. The predicted molar refractivity (Wildman–Crippen MR) is 62.7 cm³/mol. The van der Waals surface area contributed by atoms with E-state index < -0.39 is 0 Å². The Morgan fingerprint density at radius 2 is 1.94 bits per heavy atom. The molecule has 88 valence electrons. The third kappa shape index (κ3) is 1.14. The molecule has 3 heterocycles. The van der Waals surface area contributed by atoms with Gasteiger partial charge in [-0.2, -0.15) is 7.05 Å². The summed E-state index contributed by atoms with van der Waals surface area (Å²) in [5, 5.41) is 0. The van der Waals surface area contributed by atoms with Crippen LogP contribution in [0.1, 0.15) is 18.5 Å². The van der Waals surface area contributed by atoms with Gasteiger partial charge in [0.1, 0.15) is 12.2 Å². The highest BCUT2D eigenvalue weighted by atomic mass is 15.3. The highest BCUT2D eigenvalue weighted by Gasteiger charge is 2.57. The number of hydrogen-bond acceptors (Lipinski definition) is 2. The van der Waals surface area contributed by atoms with Crippen LogP contribution in [0.15, 0.2) is 18.1 Å². The van der Waals surface area contributed by atoms with Crippen LogP contribution in [0.5, 0.6) is 0 Å². The second-order valence-electron chi connectivity index (χ2n) is 5.47. The second-order valence-corrected chi connectivity index (χ2v) is 5.47. The van der Waals surface area contributed by atoms with Crippen LogP contribution in [0.3, 0.4) is 0 Å². The second kappa shape index (κ2) is 2.94. The number of quaternary nitrogens is 2. The van der Waals surface area contributed by atoms with Crippen molar-refractivity contribution in [2.24, 2.45) is 5.41 Å². The van der Waals surface area contributed by atoms with E-state index in [2.05, 4.69) is 24.1 Å². The van der Waals surface area contributed by atoms with Crippen LogP contribution in [-0.4, -0.2) is 23.1 Å². The first-order valence-corrected chi connectivity index (χ1v) is 6.13. The summed E-state index contributed by atoms with van der Waals surface area (Å²) in [6.45, 7) is 2.10. The quantitative estimate of drug-likeness (QED) is 0.558. The van der Waals surface area contributed by atoms with Crippen LogP contribution >= 0.6 is 0 Å². The lowest BCUT2D eigenvalue weighted by molar-refractivity contribution is -0.877. The van der Waals surface area contributed by atoms with E-state index in [1.807, 2.05) is 0 Å². The fourth-order valence-electron chi connectivity index (χ4n) is 3.40. The zero-order chi connectivity index (χ0) is 11.6. The number of rotatable bonds is 0. The van der Waals surface area contributed by atoms with Gasteiger partial charge in [0.15, 0.2) is 5.69 Å². The molecule has 4 nitrogen and oxygen atoms in total. The largest absolute Gasteiger partial charge is 0.459 e. The van der Waals surface area contributed by atoms with E-state index in [4.69, 9.17) is 0 Å². The van der Waals surface area contributed by atoms with Gasteiger partial charge in [-0.05, 0) is 12.8 Å². The molecule has 2 N–H and O–H groups in total. The maximum absolute atomic E-state index is 4.54. The fourth-order valence-corrected chi connectivity index (χ4v) is 3.40. The summed E-state index contributed by atoms with van der Waals surface area (Å²) < 4.78 is 0. The van der Waals surface area contributed by atoms with Gasteiger partial charge in [-0.25, -0.2) is 9.97 Å². The molecule has 4 heteroatoms. The number of nitrogens with zero attached hydrogens (tertiary/aromatic N) is 2. The lowest BCUT2D eigenvalue weighted by Crippen LogP contribution is -3.13. The number of fused-ring (bicyclic) bond motifs is 3. The Bertz CT molecular complexity index is 530. The third-order valence-corrected chi connectivity index (χ3v) is 4.29. The van der Waals surface area contributed by atoms with Gasteiger partial charge < -0.3 is 9.80 Å². The Labute approximate surface area is 101 Å². The van der Waals surface area contributed by atoms with Gasteiger partial charge >= 0.3 is 0 Å². The lowest BCUT2D eigenvalue weighted by atomic mass is 9.89. The molecule has 0 bridgehead atoms. The third-order valence-electron chi connectivity index (χ3n) is 4.29. The zero-order valence-corrected chi connectivity index (χ0v) is 9.79. The van der Waals surface area contributed by atoms with Gasteiger partial charge in [0.25, 0.3) is 0 Å². The molecule has 2 atom stereocenters. The minimum Gasteiger partial charge on any atom is -0.459 e. The van der Waals surface area contributed by atoms with E-state index in [0.29, 0.717) is 5.41 Å². The summed E-state index contributed by atoms with van der Waals surface area (Å²) in [5.41, 5.74) is 4.24. The van der Waals surface area contributed by atoms with Gasteiger partial charge in [0.05, 0.1) is 23.7 Å². The van der Waals surface area contributed by atoms with Crippen molar-refractivity contribution in [3.63, 3.8) is 0 Å². The normalized spacial score (nSPS) is 32.6. The van der Waals surface area contributed by atoms with Crippen molar-refractivity contribution < 1.29 is 9.80 Å². The molecular formula is C13H16N4. The van der Waals surface area contributed by atoms with Crippen molar-refractivity contribution in [3.05, 3.63) is 37.9 Å². The highest BCUT2D eigenvalue weighted by molar-refractivity contribution is 5.79. The first-order valence-electron chi connectivity index (χ1n) is 6.13. The van der Waals surface area contributed by atoms with Crippen molar-refractivity contribution in [1.82, 2.24) is 9.97 Å². The van der Waals surface area contributed by atoms with Crippen molar-refractivity contribution in [3.8, 4) is 0 Å². The Hall–Kier alpha value is -1.26. The van der Waals surface area contributed by atoms with Gasteiger partial charge in [0.2, 0.25) is 5.82 Å². The SMILES string of the molecule is [CH2-][NH+]1CC2=C(c3nccnc3[NH+]2[CH2-])C2(CC2)C1. The monoisotopic (exact) mass is 228 g/mol. The van der Waals surface area contributed by atoms with Crippen LogP contribution in [0.2, 0.25) is 0 Å². The molecule has 17 heavy (non-hydrogen) atoms. The molecule has 1 aromatic rings. The van der Waals surface area contributed by atoms with Gasteiger partial charge in [0, 0.05) is 6.20 Å². The molecule has 0 amide bonds. The Balaban J connectivity index is 1.94. The van der Waals surface area contributed by atoms with Gasteiger partial charge in [-0.1, -0.05) is 0 Å². The van der Waals surface area contributed by atoms with Crippen molar-refractivity contribution in [2.45, 2.75) is 12.8 Å². The van der Waals surface area contributed by atoms with E-state index in [1.165, 1.54) is 29.0 Å². The molecule has 4 rings (SSSR count). The predicted octanol–water partition coefficient (Wildman–Crippen LogP) is -1.02. The van der Waals surface area contributed by atoms with E-state index >= 15 is 0 Å². The average Bonchev–Trinajstić information content (AvgIpc) is 3.01. The summed E-state index contributed by atoms with van der Waals surface area (Å²) in [7, 11) is 8.40.